The largest absolute Gasteiger partial charge is 0.383 e. The summed E-state index contributed by atoms with van der Waals surface area (Å²) in [7, 11) is 1.65. The molecule has 1 fully saturated rings. The summed E-state index contributed by atoms with van der Waals surface area (Å²) in [5.74, 6) is -0.418. The van der Waals surface area contributed by atoms with E-state index < -0.39 is 11.5 Å². The molecule has 0 radical (unpaired) electrons. The minimum Gasteiger partial charge on any atom is -0.383 e. The average molecular weight is 407 g/mol. The number of nitrogens with zero attached hydrogens (tertiary/aromatic N) is 1. The van der Waals surface area contributed by atoms with Gasteiger partial charge in [0.25, 0.3) is 5.91 Å². The summed E-state index contributed by atoms with van der Waals surface area (Å²) in [6.45, 7) is 2.97. The number of anilines is 1. The highest BCUT2D eigenvalue weighted by Crippen LogP contribution is 2.49. The number of amides is 2. The Labute approximate surface area is 178 Å². The molecule has 0 unspecified atom stereocenters. The first-order chi connectivity index (χ1) is 14.6. The molecule has 1 aliphatic heterocycles. The molecule has 0 aromatic heterocycles. The number of rotatable bonds is 5. The summed E-state index contributed by atoms with van der Waals surface area (Å²) < 4.78 is 5.32. The summed E-state index contributed by atoms with van der Waals surface area (Å²) in [6, 6.07) is 15.5. The Hall–Kier alpha value is -2.66. The lowest BCUT2D eigenvalue weighted by Gasteiger charge is -2.53. The minimum atomic E-state index is -0.504. The van der Waals surface area contributed by atoms with Crippen molar-refractivity contribution in [3.05, 3.63) is 65.2 Å². The SMILES string of the molecule is COCCN1C(=O)c2ccccc2[C@H](C(=O)Nc2cccc(C)c2)C12CCCCC2. The van der Waals surface area contributed by atoms with Gasteiger partial charge in [0, 0.05) is 24.9 Å². The fraction of sp³-hybridized carbons (Fsp3) is 0.440. The Morgan fingerprint density at radius 2 is 1.90 bits per heavy atom. The lowest BCUT2D eigenvalue weighted by Crippen LogP contribution is -2.62. The lowest BCUT2D eigenvalue weighted by molar-refractivity contribution is -0.122. The molecule has 1 N–H and O–H groups in total. The van der Waals surface area contributed by atoms with E-state index >= 15 is 0 Å². The third-order valence-electron chi connectivity index (χ3n) is 6.61. The van der Waals surface area contributed by atoms with Gasteiger partial charge < -0.3 is 15.0 Å². The molecule has 5 nitrogen and oxygen atoms in total. The maximum Gasteiger partial charge on any atom is 0.254 e. The van der Waals surface area contributed by atoms with Crippen molar-refractivity contribution in [2.75, 3.05) is 25.6 Å². The second-order valence-electron chi connectivity index (χ2n) is 8.49. The van der Waals surface area contributed by atoms with Gasteiger partial charge in [-0.1, -0.05) is 49.6 Å². The third kappa shape index (κ3) is 3.63. The van der Waals surface area contributed by atoms with E-state index in [1.54, 1.807) is 7.11 Å². The fourth-order valence-corrected chi connectivity index (χ4v) is 5.29. The molecule has 2 aromatic carbocycles. The van der Waals surface area contributed by atoms with Crippen molar-refractivity contribution >= 4 is 17.5 Å². The predicted octanol–water partition coefficient (Wildman–Crippen LogP) is 4.52. The molecule has 1 saturated carbocycles. The van der Waals surface area contributed by atoms with Crippen LogP contribution in [0, 0.1) is 6.92 Å². The first kappa shape index (κ1) is 20.6. The van der Waals surface area contributed by atoms with Gasteiger partial charge in [0.1, 0.15) is 0 Å². The van der Waals surface area contributed by atoms with E-state index in [-0.39, 0.29) is 11.8 Å². The number of nitrogens with one attached hydrogen (secondary N) is 1. The molecule has 4 rings (SSSR count). The van der Waals surface area contributed by atoms with Gasteiger partial charge in [-0.05, 0) is 49.1 Å². The molecule has 0 bridgehead atoms. The Bertz CT molecular complexity index is 933. The second-order valence-corrected chi connectivity index (χ2v) is 8.49. The second kappa shape index (κ2) is 8.60. The van der Waals surface area contributed by atoms with Crippen LogP contribution in [0.1, 0.15) is 59.5 Å². The zero-order chi connectivity index (χ0) is 21.1. The van der Waals surface area contributed by atoms with Crippen LogP contribution >= 0.6 is 0 Å². The highest BCUT2D eigenvalue weighted by atomic mass is 16.5. The van der Waals surface area contributed by atoms with Crippen molar-refractivity contribution in [2.45, 2.75) is 50.5 Å². The van der Waals surface area contributed by atoms with Crippen LogP contribution in [0.15, 0.2) is 48.5 Å². The fourth-order valence-electron chi connectivity index (χ4n) is 5.29. The molecule has 1 spiro atoms. The summed E-state index contributed by atoms with van der Waals surface area (Å²) in [6.07, 6.45) is 4.85. The average Bonchev–Trinajstić information content (AvgIpc) is 2.74. The lowest BCUT2D eigenvalue weighted by atomic mass is 9.65. The van der Waals surface area contributed by atoms with E-state index in [1.165, 1.54) is 0 Å². The number of fused-ring (bicyclic) bond motifs is 1. The van der Waals surface area contributed by atoms with Gasteiger partial charge in [0.05, 0.1) is 18.1 Å². The molecule has 30 heavy (non-hydrogen) atoms. The van der Waals surface area contributed by atoms with Gasteiger partial charge in [-0.2, -0.15) is 0 Å². The smallest absolute Gasteiger partial charge is 0.254 e. The maximum absolute atomic E-state index is 13.8. The number of aryl methyl sites for hydroxylation is 1. The van der Waals surface area contributed by atoms with Crippen molar-refractivity contribution in [3.63, 3.8) is 0 Å². The summed E-state index contributed by atoms with van der Waals surface area (Å²) in [4.78, 5) is 29.2. The van der Waals surface area contributed by atoms with Gasteiger partial charge in [-0.15, -0.1) is 0 Å². The van der Waals surface area contributed by atoms with Crippen LogP contribution < -0.4 is 5.32 Å². The first-order valence-electron chi connectivity index (χ1n) is 10.8. The van der Waals surface area contributed by atoms with Gasteiger partial charge >= 0.3 is 0 Å². The maximum atomic E-state index is 13.8. The number of carbonyl (C=O) groups excluding carboxylic acids is 2. The molecular weight excluding hydrogens is 376 g/mol. The normalized spacial score (nSPS) is 20.1. The number of carbonyl (C=O) groups is 2. The quantitative estimate of drug-likeness (QED) is 0.794. The number of hydrogen-bond acceptors (Lipinski definition) is 3. The third-order valence-corrected chi connectivity index (χ3v) is 6.61. The molecule has 2 amide bonds. The molecule has 1 aliphatic carbocycles. The van der Waals surface area contributed by atoms with Crippen LogP contribution in [0.5, 0.6) is 0 Å². The van der Waals surface area contributed by atoms with E-state index in [0.29, 0.717) is 18.7 Å². The first-order valence-corrected chi connectivity index (χ1v) is 10.8. The van der Waals surface area contributed by atoms with E-state index in [1.807, 2.05) is 60.4 Å². The monoisotopic (exact) mass is 406 g/mol. The molecule has 158 valence electrons. The van der Waals surface area contributed by atoms with E-state index in [2.05, 4.69) is 5.32 Å². The minimum absolute atomic E-state index is 0.0177. The number of methoxy groups -OCH3 is 1. The Morgan fingerprint density at radius 3 is 2.63 bits per heavy atom. The standard InChI is InChI=1S/C25H30N2O3/c1-18-9-8-10-19(17-18)26-23(28)22-20-11-4-5-12-21(20)24(29)27(15-16-30-2)25(22)13-6-3-7-14-25/h4-5,8-12,17,22H,3,6-7,13-16H2,1-2H3,(H,26,28)/t22-/m1/s1. The van der Waals surface area contributed by atoms with Crippen molar-refractivity contribution in [1.29, 1.82) is 0 Å². The van der Waals surface area contributed by atoms with Crippen LogP contribution in [0.2, 0.25) is 0 Å². The highest BCUT2D eigenvalue weighted by molar-refractivity contribution is 6.05. The van der Waals surface area contributed by atoms with Crippen molar-refractivity contribution < 1.29 is 14.3 Å². The Kier molecular flexibility index (Phi) is 5.91. The van der Waals surface area contributed by atoms with Crippen molar-refractivity contribution in [3.8, 4) is 0 Å². The van der Waals surface area contributed by atoms with Crippen LogP contribution in [-0.2, 0) is 9.53 Å². The van der Waals surface area contributed by atoms with Crippen LogP contribution in [0.4, 0.5) is 5.69 Å². The van der Waals surface area contributed by atoms with E-state index in [4.69, 9.17) is 4.74 Å². The van der Waals surface area contributed by atoms with E-state index in [0.717, 1.165) is 48.9 Å². The van der Waals surface area contributed by atoms with Crippen LogP contribution in [0.3, 0.4) is 0 Å². The van der Waals surface area contributed by atoms with Crippen LogP contribution in [0.25, 0.3) is 0 Å². The topological polar surface area (TPSA) is 58.6 Å². The summed E-state index contributed by atoms with van der Waals surface area (Å²) >= 11 is 0. The predicted molar refractivity (Wildman–Crippen MR) is 118 cm³/mol. The summed E-state index contributed by atoms with van der Waals surface area (Å²) in [5, 5.41) is 3.15. The Balaban J connectivity index is 1.80. The Morgan fingerprint density at radius 1 is 1.13 bits per heavy atom. The van der Waals surface area contributed by atoms with Gasteiger partial charge in [-0.3, -0.25) is 9.59 Å². The molecule has 2 aliphatic rings. The molecule has 1 atom stereocenters. The molecular formula is C25H30N2O3. The van der Waals surface area contributed by atoms with E-state index in [9.17, 15) is 9.59 Å². The van der Waals surface area contributed by atoms with Gasteiger partial charge in [0.15, 0.2) is 0 Å². The zero-order valence-corrected chi connectivity index (χ0v) is 17.8. The molecule has 1 heterocycles. The number of benzene rings is 2. The van der Waals surface area contributed by atoms with Crippen LogP contribution in [-0.4, -0.2) is 42.5 Å². The van der Waals surface area contributed by atoms with Crippen molar-refractivity contribution in [2.24, 2.45) is 0 Å². The number of hydrogen-bond donors (Lipinski definition) is 1. The molecule has 5 heteroatoms. The molecule has 2 aromatic rings. The van der Waals surface area contributed by atoms with Crippen molar-refractivity contribution in [1.82, 2.24) is 4.90 Å². The zero-order valence-electron chi connectivity index (χ0n) is 17.8. The van der Waals surface area contributed by atoms with Gasteiger partial charge in [0.2, 0.25) is 5.91 Å². The summed E-state index contributed by atoms with van der Waals surface area (Å²) in [5.41, 5.74) is 2.87. The molecule has 0 saturated heterocycles. The highest BCUT2D eigenvalue weighted by Gasteiger charge is 2.54. The number of ether oxygens (including phenoxy) is 1. The van der Waals surface area contributed by atoms with Gasteiger partial charge in [-0.25, -0.2) is 0 Å².